The topological polar surface area (TPSA) is 92.5 Å². The predicted octanol–water partition coefficient (Wildman–Crippen LogP) is 1.54. The highest BCUT2D eigenvalue weighted by Gasteiger charge is 2.28. The summed E-state index contributed by atoms with van der Waals surface area (Å²) in [5, 5.41) is 7.99. The fourth-order valence-electron chi connectivity index (χ4n) is 3.10. The van der Waals surface area contributed by atoms with Crippen molar-refractivity contribution in [1.29, 1.82) is 0 Å². The number of halogens is 1. The Morgan fingerprint density at radius 1 is 1.27 bits per heavy atom. The van der Waals surface area contributed by atoms with Gasteiger partial charge in [-0.1, -0.05) is 12.1 Å². The summed E-state index contributed by atoms with van der Waals surface area (Å²) in [6, 6.07) is 10.7. The summed E-state index contributed by atoms with van der Waals surface area (Å²) in [7, 11) is -3.75. The van der Waals surface area contributed by atoms with Crippen molar-refractivity contribution in [2.24, 2.45) is 5.14 Å². The molecule has 0 fully saturated rings. The van der Waals surface area contributed by atoms with E-state index in [1.807, 2.05) is 11.8 Å². The van der Waals surface area contributed by atoms with Gasteiger partial charge >= 0.3 is 0 Å². The second-order valence-electron chi connectivity index (χ2n) is 6.42. The number of nitrogens with zero attached hydrogens (tertiary/aromatic N) is 1. The zero-order chi connectivity index (χ0) is 18.9. The summed E-state index contributed by atoms with van der Waals surface area (Å²) in [5.41, 5.74) is 2.50. The Balaban J connectivity index is 1.67. The van der Waals surface area contributed by atoms with E-state index >= 15 is 0 Å². The molecule has 0 unspecified atom stereocenters. The lowest BCUT2D eigenvalue weighted by molar-refractivity contribution is -0.120. The van der Waals surface area contributed by atoms with Crippen molar-refractivity contribution < 1.29 is 17.6 Å². The molecule has 8 heteroatoms. The highest BCUT2D eigenvalue weighted by atomic mass is 32.2. The summed E-state index contributed by atoms with van der Waals surface area (Å²) < 4.78 is 35.9. The van der Waals surface area contributed by atoms with Gasteiger partial charge in [0.25, 0.3) is 0 Å². The van der Waals surface area contributed by atoms with Crippen molar-refractivity contribution in [3.63, 3.8) is 0 Å². The standard InChI is InChI=1S/C18H20FN3O3S/c1-12-8-14-9-16(26(20,24)25)6-7-17(14)22(12)11-18(23)21-10-13-2-4-15(19)5-3-13/h2-7,9,12H,8,10-11H2,1H3,(H,21,23)(H2,20,24,25)/t12-/m0/s1. The van der Waals surface area contributed by atoms with Crippen LogP contribution in [0.3, 0.4) is 0 Å². The van der Waals surface area contributed by atoms with E-state index in [1.54, 1.807) is 24.3 Å². The number of nitrogens with two attached hydrogens (primary N) is 1. The first-order valence-electron chi connectivity index (χ1n) is 8.17. The third-order valence-corrected chi connectivity index (χ3v) is 5.36. The van der Waals surface area contributed by atoms with E-state index in [9.17, 15) is 17.6 Å². The number of sulfonamides is 1. The quantitative estimate of drug-likeness (QED) is 0.827. The SMILES string of the molecule is C[C@H]1Cc2cc(S(N)(=O)=O)ccc2N1CC(=O)NCc1ccc(F)cc1. The molecule has 2 aromatic carbocycles. The Hall–Kier alpha value is -2.45. The second kappa shape index (κ2) is 7.05. The van der Waals surface area contributed by atoms with E-state index in [0.717, 1.165) is 16.8 Å². The Morgan fingerprint density at radius 3 is 2.62 bits per heavy atom. The summed E-state index contributed by atoms with van der Waals surface area (Å²) in [6.45, 7) is 2.45. The van der Waals surface area contributed by atoms with Gasteiger partial charge in [-0.15, -0.1) is 0 Å². The number of amides is 1. The number of carbonyl (C=O) groups excluding carboxylic acids is 1. The lowest BCUT2D eigenvalue weighted by Crippen LogP contribution is -2.39. The average molecular weight is 377 g/mol. The maximum atomic E-state index is 12.9. The van der Waals surface area contributed by atoms with Gasteiger partial charge < -0.3 is 10.2 Å². The normalized spacial score (nSPS) is 16.4. The predicted molar refractivity (Wildman–Crippen MR) is 96.6 cm³/mol. The van der Waals surface area contributed by atoms with Gasteiger partial charge in [-0.25, -0.2) is 17.9 Å². The van der Waals surface area contributed by atoms with Crippen LogP contribution in [0.5, 0.6) is 0 Å². The number of fused-ring (bicyclic) bond motifs is 1. The third-order valence-electron chi connectivity index (χ3n) is 4.45. The van der Waals surface area contributed by atoms with E-state index in [4.69, 9.17) is 5.14 Å². The van der Waals surface area contributed by atoms with Crippen LogP contribution in [0, 0.1) is 5.82 Å². The number of rotatable bonds is 5. The molecule has 0 radical (unpaired) electrons. The number of hydrogen-bond acceptors (Lipinski definition) is 4. The molecule has 1 atom stereocenters. The second-order valence-corrected chi connectivity index (χ2v) is 7.98. The highest BCUT2D eigenvalue weighted by Crippen LogP contribution is 2.33. The lowest BCUT2D eigenvalue weighted by atomic mass is 10.1. The smallest absolute Gasteiger partial charge is 0.239 e. The van der Waals surface area contributed by atoms with E-state index in [0.29, 0.717) is 13.0 Å². The zero-order valence-electron chi connectivity index (χ0n) is 14.3. The number of primary sulfonamides is 1. The molecule has 0 bridgehead atoms. The van der Waals surface area contributed by atoms with Gasteiger partial charge in [-0.3, -0.25) is 4.79 Å². The maximum absolute atomic E-state index is 12.9. The molecule has 0 aromatic heterocycles. The minimum absolute atomic E-state index is 0.0669. The number of benzene rings is 2. The third kappa shape index (κ3) is 4.03. The van der Waals surface area contributed by atoms with Gasteiger partial charge in [0.15, 0.2) is 0 Å². The number of nitrogens with one attached hydrogen (secondary N) is 1. The van der Waals surface area contributed by atoms with Gasteiger partial charge in [0.05, 0.1) is 11.4 Å². The lowest BCUT2D eigenvalue weighted by Gasteiger charge is -2.24. The van der Waals surface area contributed by atoms with Crippen LogP contribution in [0.2, 0.25) is 0 Å². The molecular weight excluding hydrogens is 357 g/mol. The van der Waals surface area contributed by atoms with E-state index in [2.05, 4.69) is 5.32 Å². The molecule has 3 rings (SSSR count). The Morgan fingerprint density at radius 2 is 1.96 bits per heavy atom. The Bertz CT molecular complexity index is 929. The Labute approximate surface area is 151 Å². The molecule has 6 nitrogen and oxygen atoms in total. The van der Waals surface area contributed by atoms with Crippen LogP contribution in [0.25, 0.3) is 0 Å². The molecular formula is C18H20FN3O3S. The van der Waals surface area contributed by atoms with Gasteiger partial charge in [0.1, 0.15) is 5.82 Å². The molecule has 2 aromatic rings. The first kappa shape index (κ1) is 18.3. The molecule has 0 saturated heterocycles. The summed E-state index contributed by atoms with van der Waals surface area (Å²) >= 11 is 0. The van der Waals surface area contributed by atoms with Gasteiger partial charge in [0.2, 0.25) is 15.9 Å². The molecule has 3 N–H and O–H groups in total. The monoisotopic (exact) mass is 377 g/mol. The molecule has 0 saturated carbocycles. The largest absolute Gasteiger partial charge is 0.359 e. The van der Waals surface area contributed by atoms with Crippen LogP contribution in [0.15, 0.2) is 47.4 Å². The molecule has 26 heavy (non-hydrogen) atoms. The fourth-order valence-corrected chi connectivity index (χ4v) is 3.67. The molecule has 138 valence electrons. The van der Waals surface area contributed by atoms with Crippen LogP contribution >= 0.6 is 0 Å². The van der Waals surface area contributed by atoms with Gasteiger partial charge in [-0.2, -0.15) is 0 Å². The molecule has 0 spiro atoms. The van der Waals surface area contributed by atoms with E-state index < -0.39 is 10.0 Å². The molecule has 1 aliphatic heterocycles. The number of anilines is 1. The van der Waals surface area contributed by atoms with Gasteiger partial charge in [0, 0.05) is 18.3 Å². The van der Waals surface area contributed by atoms with Crippen LogP contribution in [0.4, 0.5) is 10.1 Å². The van der Waals surface area contributed by atoms with E-state index in [1.165, 1.54) is 18.2 Å². The average Bonchev–Trinajstić information content (AvgIpc) is 2.88. The van der Waals surface area contributed by atoms with Crippen LogP contribution in [-0.2, 0) is 27.8 Å². The number of carbonyl (C=O) groups is 1. The van der Waals surface area contributed by atoms with Crippen molar-refractivity contribution >= 4 is 21.6 Å². The molecule has 1 heterocycles. The fraction of sp³-hybridized carbons (Fsp3) is 0.278. The zero-order valence-corrected chi connectivity index (χ0v) is 15.1. The molecule has 0 aliphatic carbocycles. The summed E-state index contributed by atoms with van der Waals surface area (Å²) in [5.74, 6) is -0.481. The van der Waals surface area contributed by atoms with Crippen molar-refractivity contribution in [1.82, 2.24) is 5.32 Å². The van der Waals surface area contributed by atoms with Gasteiger partial charge in [-0.05, 0) is 54.8 Å². The molecule has 1 aliphatic rings. The Kier molecular flexibility index (Phi) is 4.97. The minimum Gasteiger partial charge on any atom is -0.359 e. The number of hydrogen-bond donors (Lipinski definition) is 2. The summed E-state index contributed by atoms with van der Waals surface area (Å²) in [4.78, 5) is 14.3. The maximum Gasteiger partial charge on any atom is 0.239 e. The first-order valence-corrected chi connectivity index (χ1v) is 9.72. The van der Waals surface area contributed by atoms with Crippen molar-refractivity contribution in [2.75, 3.05) is 11.4 Å². The summed E-state index contributed by atoms with van der Waals surface area (Å²) in [6.07, 6.45) is 0.643. The van der Waals surface area contributed by atoms with Crippen LogP contribution < -0.4 is 15.4 Å². The molecule has 1 amide bonds. The highest BCUT2D eigenvalue weighted by molar-refractivity contribution is 7.89. The first-order chi connectivity index (χ1) is 12.2. The van der Waals surface area contributed by atoms with E-state index in [-0.39, 0.29) is 29.2 Å². The minimum atomic E-state index is -3.75. The van der Waals surface area contributed by atoms with Crippen molar-refractivity contribution in [2.45, 2.75) is 30.8 Å². The van der Waals surface area contributed by atoms with Crippen LogP contribution in [-0.4, -0.2) is 26.9 Å². The van der Waals surface area contributed by atoms with Crippen molar-refractivity contribution in [3.8, 4) is 0 Å². The van der Waals surface area contributed by atoms with Crippen LogP contribution in [0.1, 0.15) is 18.1 Å². The van der Waals surface area contributed by atoms with Crippen molar-refractivity contribution in [3.05, 3.63) is 59.4 Å².